The summed E-state index contributed by atoms with van der Waals surface area (Å²) in [5.74, 6) is 0. The van der Waals surface area contributed by atoms with Crippen LogP contribution in [0.1, 0.15) is 40.5 Å². The SMILES string of the molecule is CC1(C)CCC(C)(C)OC1. The molecule has 1 heterocycles. The molecule has 10 heavy (non-hydrogen) atoms. The van der Waals surface area contributed by atoms with Gasteiger partial charge >= 0.3 is 0 Å². The lowest BCUT2D eigenvalue weighted by molar-refractivity contribution is -0.102. The maximum Gasteiger partial charge on any atom is 0.0627 e. The van der Waals surface area contributed by atoms with E-state index in [1.54, 1.807) is 0 Å². The van der Waals surface area contributed by atoms with Gasteiger partial charge in [0.1, 0.15) is 0 Å². The average Bonchev–Trinajstić information content (AvgIpc) is 1.79. The largest absolute Gasteiger partial charge is 0.375 e. The minimum atomic E-state index is 0.134. The first kappa shape index (κ1) is 8.06. The molecule has 0 N–H and O–H groups in total. The molecule has 0 saturated carbocycles. The molecule has 1 rings (SSSR count). The molecule has 0 spiro atoms. The summed E-state index contributed by atoms with van der Waals surface area (Å²) in [6, 6.07) is 0. The predicted octanol–water partition coefficient (Wildman–Crippen LogP) is 2.60. The van der Waals surface area contributed by atoms with Crippen molar-refractivity contribution in [2.24, 2.45) is 5.41 Å². The second kappa shape index (κ2) is 2.23. The lowest BCUT2D eigenvalue weighted by atomic mass is 9.82. The Morgan fingerprint density at radius 1 is 1.00 bits per heavy atom. The van der Waals surface area contributed by atoms with E-state index in [1.807, 2.05) is 0 Å². The summed E-state index contributed by atoms with van der Waals surface area (Å²) in [6.07, 6.45) is 2.49. The molecule has 1 heteroatoms. The van der Waals surface area contributed by atoms with Crippen LogP contribution in [0.5, 0.6) is 0 Å². The maximum absolute atomic E-state index is 5.68. The van der Waals surface area contributed by atoms with E-state index < -0.39 is 0 Å². The fourth-order valence-electron chi connectivity index (χ4n) is 1.17. The third-order valence-electron chi connectivity index (χ3n) is 2.26. The highest BCUT2D eigenvalue weighted by atomic mass is 16.5. The molecular weight excluding hydrogens is 124 g/mol. The van der Waals surface area contributed by atoms with Crippen molar-refractivity contribution in [3.8, 4) is 0 Å². The van der Waals surface area contributed by atoms with E-state index in [-0.39, 0.29) is 5.60 Å². The highest BCUT2D eigenvalue weighted by Crippen LogP contribution is 2.34. The van der Waals surface area contributed by atoms with Gasteiger partial charge < -0.3 is 4.74 Å². The quantitative estimate of drug-likeness (QED) is 0.505. The van der Waals surface area contributed by atoms with Crippen LogP contribution in [0.15, 0.2) is 0 Å². The Morgan fingerprint density at radius 3 is 1.90 bits per heavy atom. The van der Waals surface area contributed by atoms with Crippen molar-refractivity contribution >= 4 is 0 Å². The van der Waals surface area contributed by atoms with Crippen LogP contribution in [0.25, 0.3) is 0 Å². The minimum absolute atomic E-state index is 0.134. The number of ether oxygens (including phenoxy) is 1. The van der Waals surface area contributed by atoms with Crippen LogP contribution in [0.4, 0.5) is 0 Å². The molecule has 0 radical (unpaired) electrons. The molecule has 0 bridgehead atoms. The van der Waals surface area contributed by atoms with Crippen LogP contribution in [-0.4, -0.2) is 12.2 Å². The fourth-order valence-corrected chi connectivity index (χ4v) is 1.17. The van der Waals surface area contributed by atoms with Crippen molar-refractivity contribution in [1.82, 2.24) is 0 Å². The number of hydrogen-bond acceptors (Lipinski definition) is 1. The Balaban J connectivity index is 2.46. The molecule has 0 atom stereocenters. The van der Waals surface area contributed by atoms with Gasteiger partial charge in [-0.2, -0.15) is 0 Å². The molecule has 1 nitrogen and oxygen atoms in total. The van der Waals surface area contributed by atoms with E-state index in [0.29, 0.717) is 5.41 Å². The van der Waals surface area contributed by atoms with Crippen LogP contribution < -0.4 is 0 Å². The Hall–Kier alpha value is -0.0400. The zero-order valence-electron chi connectivity index (χ0n) is 7.53. The molecule has 1 aliphatic rings. The van der Waals surface area contributed by atoms with Gasteiger partial charge in [0.25, 0.3) is 0 Å². The Kier molecular flexibility index (Phi) is 1.80. The first-order valence-corrected chi connectivity index (χ1v) is 4.05. The van der Waals surface area contributed by atoms with Crippen LogP contribution in [0.3, 0.4) is 0 Å². The molecule has 0 aromatic rings. The van der Waals surface area contributed by atoms with Crippen molar-refractivity contribution in [3.05, 3.63) is 0 Å². The van der Waals surface area contributed by atoms with Crippen LogP contribution in [-0.2, 0) is 4.74 Å². The van der Waals surface area contributed by atoms with Crippen molar-refractivity contribution in [2.75, 3.05) is 6.61 Å². The van der Waals surface area contributed by atoms with E-state index in [0.717, 1.165) is 6.61 Å². The molecule has 60 valence electrons. The lowest BCUT2D eigenvalue weighted by Crippen LogP contribution is -2.37. The van der Waals surface area contributed by atoms with Gasteiger partial charge in [-0.3, -0.25) is 0 Å². The van der Waals surface area contributed by atoms with E-state index in [1.165, 1.54) is 12.8 Å². The second-order valence-electron chi connectivity index (χ2n) is 4.71. The first-order chi connectivity index (χ1) is 4.41. The molecule has 1 aliphatic heterocycles. The molecule has 0 aromatic carbocycles. The second-order valence-corrected chi connectivity index (χ2v) is 4.71. The van der Waals surface area contributed by atoms with Crippen LogP contribution in [0.2, 0.25) is 0 Å². The minimum Gasteiger partial charge on any atom is -0.375 e. The summed E-state index contributed by atoms with van der Waals surface area (Å²) in [5, 5.41) is 0. The van der Waals surface area contributed by atoms with Crippen molar-refractivity contribution in [1.29, 1.82) is 0 Å². The van der Waals surface area contributed by atoms with Gasteiger partial charge in [0, 0.05) is 0 Å². The van der Waals surface area contributed by atoms with Crippen molar-refractivity contribution < 1.29 is 4.74 Å². The third kappa shape index (κ3) is 1.98. The summed E-state index contributed by atoms with van der Waals surface area (Å²) < 4.78 is 5.68. The molecule has 0 unspecified atom stereocenters. The summed E-state index contributed by atoms with van der Waals surface area (Å²) >= 11 is 0. The van der Waals surface area contributed by atoms with Gasteiger partial charge in [0.2, 0.25) is 0 Å². The standard InChI is InChI=1S/C9H18O/c1-8(2)5-6-9(3,4)10-7-8/h5-7H2,1-4H3. The molecule has 1 fully saturated rings. The highest BCUT2D eigenvalue weighted by molar-refractivity contribution is 4.81. The first-order valence-electron chi connectivity index (χ1n) is 4.05. The zero-order chi connectivity index (χ0) is 7.83. The summed E-state index contributed by atoms with van der Waals surface area (Å²) in [7, 11) is 0. The van der Waals surface area contributed by atoms with Gasteiger partial charge in [-0.25, -0.2) is 0 Å². The van der Waals surface area contributed by atoms with Crippen molar-refractivity contribution in [3.63, 3.8) is 0 Å². The average molecular weight is 142 g/mol. The molecule has 0 aliphatic carbocycles. The molecule has 1 saturated heterocycles. The fraction of sp³-hybridized carbons (Fsp3) is 1.00. The van der Waals surface area contributed by atoms with Crippen LogP contribution in [0, 0.1) is 5.41 Å². The summed E-state index contributed by atoms with van der Waals surface area (Å²) in [4.78, 5) is 0. The highest BCUT2D eigenvalue weighted by Gasteiger charge is 2.31. The number of rotatable bonds is 0. The van der Waals surface area contributed by atoms with Gasteiger partial charge in [0.15, 0.2) is 0 Å². The summed E-state index contributed by atoms with van der Waals surface area (Å²) in [5.41, 5.74) is 0.547. The third-order valence-corrected chi connectivity index (χ3v) is 2.26. The maximum atomic E-state index is 5.68. The predicted molar refractivity (Wildman–Crippen MR) is 43.0 cm³/mol. The normalized spacial score (nSPS) is 30.0. The lowest BCUT2D eigenvalue weighted by Gasteiger charge is -2.39. The summed E-state index contributed by atoms with van der Waals surface area (Å²) in [6.45, 7) is 9.79. The molecular formula is C9H18O. The monoisotopic (exact) mass is 142 g/mol. The Bertz CT molecular complexity index is 96.7. The molecule has 0 amide bonds. The van der Waals surface area contributed by atoms with Gasteiger partial charge in [-0.1, -0.05) is 13.8 Å². The smallest absolute Gasteiger partial charge is 0.0627 e. The van der Waals surface area contributed by atoms with Gasteiger partial charge in [-0.15, -0.1) is 0 Å². The van der Waals surface area contributed by atoms with Gasteiger partial charge in [0.05, 0.1) is 12.2 Å². The van der Waals surface area contributed by atoms with E-state index >= 15 is 0 Å². The van der Waals surface area contributed by atoms with Crippen LogP contribution >= 0.6 is 0 Å². The molecule has 0 aromatic heterocycles. The van der Waals surface area contributed by atoms with E-state index in [9.17, 15) is 0 Å². The zero-order valence-corrected chi connectivity index (χ0v) is 7.53. The van der Waals surface area contributed by atoms with Crippen molar-refractivity contribution in [2.45, 2.75) is 46.1 Å². The van der Waals surface area contributed by atoms with E-state index in [2.05, 4.69) is 27.7 Å². The van der Waals surface area contributed by atoms with E-state index in [4.69, 9.17) is 4.74 Å². The Morgan fingerprint density at radius 2 is 1.60 bits per heavy atom. The van der Waals surface area contributed by atoms with Gasteiger partial charge in [-0.05, 0) is 32.1 Å². The number of hydrogen-bond donors (Lipinski definition) is 0. The topological polar surface area (TPSA) is 9.23 Å². The Labute approximate surface area is 63.8 Å².